The van der Waals surface area contributed by atoms with E-state index in [0.29, 0.717) is 29.7 Å². The topological polar surface area (TPSA) is 74.0 Å². The fourth-order valence-electron chi connectivity index (χ4n) is 3.22. The Labute approximate surface area is 156 Å². The average Bonchev–Trinajstić information content (AvgIpc) is 3.09. The molecule has 0 fully saturated rings. The summed E-state index contributed by atoms with van der Waals surface area (Å²) in [6.45, 7) is 0.0159. The monoisotopic (exact) mass is 370 g/mol. The Morgan fingerprint density at radius 1 is 1.22 bits per heavy atom. The van der Waals surface area contributed by atoms with Gasteiger partial charge in [0.15, 0.2) is 18.0 Å². The molecule has 0 radical (unpaired) electrons. The van der Waals surface area contributed by atoms with Gasteiger partial charge in [0, 0.05) is 23.1 Å². The van der Waals surface area contributed by atoms with Crippen LogP contribution in [0.4, 0.5) is 4.39 Å². The largest absolute Gasteiger partial charge is 0.623 e. The highest BCUT2D eigenvalue weighted by Gasteiger charge is 2.26. The van der Waals surface area contributed by atoms with Gasteiger partial charge in [0.05, 0.1) is 7.11 Å². The Bertz CT molecular complexity index is 937. The first-order valence-electron chi connectivity index (χ1n) is 8.42. The molecule has 1 aliphatic carbocycles. The Balaban J connectivity index is 1.98. The molecule has 27 heavy (non-hydrogen) atoms. The zero-order valence-corrected chi connectivity index (χ0v) is 15.1. The standard InChI is InChI=1S/C20H19FN2O4/c1-26-20(24)19(22-27-2)17-6-4-3-5-14(17)12-23(25)18-10-7-13-11-15(21)8-9-16(13)18/h3-6,8-9,11H,7,10,12H2,1-2H3/b22-19+,23-18-. The normalized spacial score (nSPS) is 15.3. The van der Waals surface area contributed by atoms with Gasteiger partial charge in [-0.25, -0.2) is 13.9 Å². The summed E-state index contributed by atoms with van der Waals surface area (Å²) in [5.74, 6) is -0.965. The molecule has 0 saturated heterocycles. The van der Waals surface area contributed by atoms with E-state index in [0.717, 1.165) is 15.9 Å². The zero-order chi connectivity index (χ0) is 19.4. The van der Waals surface area contributed by atoms with Crippen LogP contribution >= 0.6 is 0 Å². The van der Waals surface area contributed by atoms with E-state index in [4.69, 9.17) is 9.57 Å². The molecule has 0 N–H and O–H groups in total. The molecule has 3 rings (SSSR count). The predicted octanol–water partition coefficient (Wildman–Crippen LogP) is 2.80. The average molecular weight is 370 g/mol. The molecule has 6 nitrogen and oxygen atoms in total. The van der Waals surface area contributed by atoms with Gasteiger partial charge >= 0.3 is 5.97 Å². The molecule has 7 heteroatoms. The maximum atomic E-state index is 13.4. The third-order valence-electron chi connectivity index (χ3n) is 4.46. The first-order valence-corrected chi connectivity index (χ1v) is 8.42. The van der Waals surface area contributed by atoms with Gasteiger partial charge in [-0.05, 0) is 30.2 Å². The fourth-order valence-corrected chi connectivity index (χ4v) is 3.22. The molecule has 0 aliphatic heterocycles. The van der Waals surface area contributed by atoms with E-state index >= 15 is 0 Å². The van der Waals surface area contributed by atoms with E-state index in [2.05, 4.69) is 5.16 Å². The number of esters is 1. The summed E-state index contributed by atoms with van der Waals surface area (Å²) in [6.07, 6.45) is 1.17. The maximum absolute atomic E-state index is 13.4. The third-order valence-corrected chi connectivity index (χ3v) is 4.46. The van der Waals surface area contributed by atoms with Crippen LogP contribution in [0, 0.1) is 11.0 Å². The van der Waals surface area contributed by atoms with Crippen molar-refractivity contribution in [2.24, 2.45) is 5.16 Å². The number of carbonyl (C=O) groups is 1. The molecule has 0 atom stereocenters. The van der Waals surface area contributed by atoms with Crippen LogP contribution in [-0.2, 0) is 27.3 Å². The van der Waals surface area contributed by atoms with Crippen molar-refractivity contribution in [3.05, 3.63) is 75.7 Å². The van der Waals surface area contributed by atoms with Crippen LogP contribution < -0.4 is 0 Å². The van der Waals surface area contributed by atoms with Crippen molar-refractivity contribution >= 4 is 17.4 Å². The van der Waals surface area contributed by atoms with E-state index in [1.54, 1.807) is 30.3 Å². The first-order chi connectivity index (χ1) is 13.0. The number of carbonyl (C=O) groups excluding carboxylic acids is 1. The number of rotatable bonds is 5. The van der Waals surface area contributed by atoms with Crippen molar-refractivity contribution < 1.29 is 23.5 Å². The Kier molecular flexibility index (Phi) is 5.49. The molecule has 140 valence electrons. The second kappa shape index (κ2) is 7.99. The van der Waals surface area contributed by atoms with Crippen LogP contribution in [0.1, 0.15) is 28.7 Å². The lowest BCUT2D eigenvalue weighted by Gasteiger charge is -2.12. The van der Waals surface area contributed by atoms with Crippen molar-refractivity contribution in [1.29, 1.82) is 0 Å². The summed E-state index contributed by atoms with van der Waals surface area (Å²) in [5, 5.41) is 16.6. The number of nitrogens with zero attached hydrogens (tertiary/aromatic N) is 2. The minimum Gasteiger partial charge on any atom is -0.623 e. The van der Waals surface area contributed by atoms with Gasteiger partial charge in [-0.3, -0.25) is 0 Å². The number of oxime groups is 1. The fraction of sp³-hybridized carbons (Fsp3) is 0.250. The number of hydroxylamine groups is 1. The van der Waals surface area contributed by atoms with Crippen LogP contribution in [0.15, 0.2) is 47.6 Å². The van der Waals surface area contributed by atoms with Gasteiger partial charge in [0.2, 0.25) is 0 Å². The summed E-state index contributed by atoms with van der Waals surface area (Å²) in [4.78, 5) is 16.8. The van der Waals surface area contributed by atoms with Crippen LogP contribution in [0.25, 0.3) is 0 Å². The lowest BCUT2D eigenvalue weighted by Crippen LogP contribution is -2.21. The highest BCUT2D eigenvalue weighted by atomic mass is 19.1. The Hall–Kier alpha value is -3.22. The SMILES string of the molecule is CO/N=C(/C(=O)OC)c1ccccc1C/[N+]([O-])=C1\CCc2cc(F)ccc21. The summed E-state index contributed by atoms with van der Waals surface area (Å²) in [6, 6.07) is 11.4. The predicted molar refractivity (Wildman–Crippen MR) is 98.2 cm³/mol. The number of ether oxygens (including phenoxy) is 1. The van der Waals surface area contributed by atoms with Crippen LogP contribution in [0.3, 0.4) is 0 Å². The Morgan fingerprint density at radius 3 is 2.74 bits per heavy atom. The van der Waals surface area contributed by atoms with Crippen LogP contribution in [0.5, 0.6) is 0 Å². The number of benzene rings is 2. The molecule has 0 aromatic heterocycles. The lowest BCUT2D eigenvalue weighted by molar-refractivity contribution is -0.475. The van der Waals surface area contributed by atoms with Gasteiger partial charge < -0.3 is 14.8 Å². The zero-order valence-electron chi connectivity index (χ0n) is 15.1. The molecule has 0 saturated carbocycles. The number of methoxy groups -OCH3 is 1. The second-order valence-corrected chi connectivity index (χ2v) is 6.06. The highest BCUT2D eigenvalue weighted by Crippen LogP contribution is 2.24. The van der Waals surface area contributed by atoms with Crippen molar-refractivity contribution in [3.63, 3.8) is 0 Å². The molecule has 0 bridgehead atoms. The summed E-state index contributed by atoms with van der Waals surface area (Å²) < 4.78 is 19.0. The Morgan fingerprint density at radius 2 is 2.00 bits per heavy atom. The quantitative estimate of drug-likeness (QED) is 0.267. The van der Waals surface area contributed by atoms with E-state index in [9.17, 15) is 14.4 Å². The van der Waals surface area contributed by atoms with Gasteiger partial charge in [0.25, 0.3) is 0 Å². The first kappa shape index (κ1) is 18.6. The van der Waals surface area contributed by atoms with Gasteiger partial charge in [-0.2, -0.15) is 0 Å². The molecule has 2 aromatic rings. The number of halogens is 1. The molecule has 2 aromatic carbocycles. The van der Waals surface area contributed by atoms with Crippen molar-refractivity contribution in [3.8, 4) is 0 Å². The van der Waals surface area contributed by atoms with Crippen LogP contribution in [0.2, 0.25) is 0 Å². The molecule has 1 aliphatic rings. The van der Waals surface area contributed by atoms with E-state index in [-0.39, 0.29) is 18.1 Å². The van der Waals surface area contributed by atoms with Crippen molar-refractivity contribution in [2.75, 3.05) is 14.2 Å². The number of fused-ring (bicyclic) bond motifs is 1. The van der Waals surface area contributed by atoms with Gasteiger partial charge in [-0.15, -0.1) is 0 Å². The molecule has 0 amide bonds. The lowest BCUT2D eigenvalue weighted by atomic mass is 10.0. The second-order valence-electron chi connectivity index (χ2n) is 6.06. The van der Waals surface area contributed by atoms with Gasteiger partial charge in [-0.1, -0.05) is 29.4 Å². The molecular formula is C20H19FN2O4. The number of hydrogen-bond donors (Lipinski definition) is 0. The van der Waals surface area contributed by atoms with E-state index in [1.807, 2.05) is 0 Å². The van der Waals surface area contributed by atoms with E-state index < -0.39 is 5.97 Å². The highest BCUT2D eigenvalue weighted by molar-refractivity contribution is 6.43. The third kappa shape index (κ3) is 3.81. The minimum atomic E-state index is -0.656. The van der Waals surface area contributed by atoms with Crippen molar-refractivity contribution in [1.82, 2.24) is 0 Å². The van der Waals surface area contributed by atoms with Crippen LogP contribution in [-0.4, -0.2) is 36.4 Å². The molecule has 0 unspecified atom stereocenters. The smallest absolute Gasteiger partial charge is 0.360 e. The number of aryl methyl sites for hydroxylation is 1. The van der Waals surface area contributed by atoms with Gasteiger partial charge in [0.1, 0.15) is 12.9 Å². The maximum Gasteiger partial charge on any atom is 0.360 e. The molecular weight excluding hydrogens is 351 g/mol. The summed E-state index contributed by atoms with van der Waals surface area (Å²) in [7, 11) is 2.58. The molecule has 0 spiro atoms. The van der Waals surface area contributed by atoms with Crippen molar-refractivity contribution in [2.45, 2.75) is 19.4 Å². The number of hydrogen-bond acceptors (Lipinski definition) is 5. The van der Waals surface area contributed by atoms with E-state index in [1.165, 1.54) is 26.4 Å². The molecule has 0 heterocycles. The minimum absolute atomic E-state index is 0.0112. The summed E-state index contributed by atoms with van der Waals surface area (Å²) in [5.41, 5.74) is 3.26. The summed E-state index contributed by atoms with van der Waals surface area (Å²) >= 11 is 0.